The molecule has 1 aromatic carbocycles. The number of piperidine rings is 1. The fraction of sp³-hybridized carbons (Fsp3) is 0.429. The maximum atomic E-state index is 9.10. The van der Waals surface area contributed by atoms with Crippen molar-refractivity contribution >= 4 is 22.8 Å². The lowest BCUT2D eigenvalue weighted by Crippen LogP contribution is -2.39. The molecule has 3 aromatic rings. The molecule has 2 N–H and O–H groups in total. The van der Waals surface area contributed by atoms with Crippen molar-refractivity contribution in [1.29, 1.82) is 0 Å². The van der Waals surface area contributed by atoms with Gasteiger partial charge in [0.2, 0.25) is 11.7 Å². The molecule has 2 bridgehead atoms. The van der Waals surface area contributed by atoms with E-state index in [9.17, 15) is 0 Å². The van der Waals surface area contributed by atoms with Crippen molar-refractivity contribution in [3.63, 3.8) is 0 Å². The third kappa shape index (κ3) is 3.68. The maximum absolute atomic E-state index is 9.10. The van der Waals surface area contributed by atoms with Gasteiger partial charge in [-0.15, -0.1) is 0 Å². The quantitative estimate of drug-likeness (QED) is 0.616. The van der Waals surface area contributed by atoms with Crippen LogP contribution < -0.4 is 0 Å². The summed E-state index contributed by atoms with van der Waals surface area (Å²) in [6.07, 6.45) is 7.00. The summed E-state index contributed by atoms with van der Waals surface area (Å²) < 4.78 is 7.81. The van der Waals surface area contributed by atoms with Crippen LogP contribution in [0.5, 0.6) is 0 Å². The van der Waals surface area contributed by atoms with Gasteiger partial charge in [-0.25, -0.2) is 9.59 Å². The molecule has 2 aliphatic heterocycles. The van der Waals surface area contributed by atoms with Crippen LogP contribution in [0.4, 0.5) is 0 Å². The molecular formula is C21H24N4O5. The van der Waals surface area contributed by atoms with Crippen LogP contribution in [0.25, 0.3) is 22.3 Å². The minimum atomic E-state index is -1.82. The summed E-state index contributed by atoms with van der Waals surface area (Å²) in [6, 6.07) is 9.72. The van der Waals surface area contributed by atoms with Crippen LogP contribution in [0, 0.1) is 0 Å². The number of rotatable bonds is 2. The molecule has 2 saturated heterocycles. The summed E-state index contributed by atoms with van der Waals surface area (Å²) >= 11 is 0. The molecule has 2 aromatic heterocycles. The molecule has 0 saturated carbocycles. The number of carbonyl (C=O) groups is 2. The lowest BCUT2D eigenvalue weighted by molar-refractivity contribution is -0.159. The molecule has 2 unspecified atom stereocenters. The molecule has 9 nitrogen and oxygen atoms in total. The molecule has 4 heterocycles. The summed E-state index contributed by atoms with van der Waals surface area (Å²) in [5.74, 6) is -1.70. The molecule has 2 aliphatic rings. The Hall–Kier alpha value is -3.20. The van der Waals surface area contributed by atoms with Crippen molar-refractivity contribution in [2.45, 2.75) is 43.7 Å². The Labute approximate surface area is 172 Å². The fourth-order valence-electron chi connectivity index (χ4n) is 4.64. The monoisotopic (exact) mass is 412 g/mol. The Balaban J connectivity index is 0.000000322. The lowest BCUT2D eigenvalue weighted by atomic mass is 9.91. The Bertz CT molecular complexity index is 1060. The van der Waals surface area contributed by atoms with Crippen molar-refractivity contribution < 1.29 is 24.3 Å². The number of aliphatic carboxylic acids is 2. The van der Waals surface area contributed by atoms with Gasteiger partial charge in [0.15, 0.2) is 0 Å². The zero-order valence-corrected chi connectivity index (χ0v) is 16.9. The summed E-state index contributed by atoms with van der Waals surface area (Å²) in [5, 5.41) is 20.3. The highest BCUT2D eigenvalue weighted by molar-refractivity contribution is 6.27. The number of nitrogens with zero attached hydrogens (tertiary/aromatic N) is 4. The predicted octanol–water partition coefficient (Wildman–Crippen LogP) is 2.72. The van der Waals surface area contributed by atoms with Crippen LogP contribution in [0.2, 0.25) is 0 Å². The molecule has 0 amide bonds. The largest absolute Gasteiger partial charge is 0.473 e. The second kappa shape index (κ2) is 7.91. The fourth-order valence-corrected chi connectivity index (χ4v) is 4.64. The number of hydrogen-bond acceptors (Lipinski definition) is 6. The average Bonchev–Trinajstić information content (AvgIpc) is 3.37. The highest BCUT2D eigenvalue weighted by Gasteiger charge is 2.40. The Morgan fingerprint density at radius 2 is 1.70 bits per heavy atom. The van der Waals surface area contributed by atoms with Gasteiger partial charge in [0.05, 0.1) is 0 Å². The summed E-state index contributed by atoms with van der Waals surface area (Å²) in [7, 11) is 4.31. The number of hydrogen-bond donors (Lipinski definition) is 2. The minimum Gasteiger partial charge on any atom is -0.473 e. The topological polar surface area (TPSA) is 122 Å². The van der Waals surface area contributed by atoms with Crippen LogP contribution in [-0.4, -0.2) is 60.9 Å². The van der Waals surface area contributed by atoms with Gasteiger partial charge < -0.3 is 24.2 Å². The van der Waals surface area contributed by atoms with Crippen LogP contribution in [0.15, 0.2) is 35.0 Å². The van der Waals surface area contributed by atoms with E-state index in [1.165, 1.54) is 23.7 Å². The van der Waals surface area contributed by atoms with E-state index in [0.717, 1.165) is 24.3 Å². The number of para-hydroxylation sites is 1. The molecular weight excluding hydrogens is 388 g/mol. The Kier molecular flexibility index (Phi) is 5.29. The second-order valence-electron chi connectivity index (χ2n) is 7.96. The normalized spacial score (nSPS) is 23.2. The second-order valence-corrected chi connectivity index (χ2v) is 7.96. The summed E-state index contributed by atoms with van der Waals surface area (Å²) in [4.78, 5) is 25.5. The third-order valence-electron chi connectivity index (χ3n) is 6.21. The first-order valence-electron chi connectivity index (χ1n) is 9.91. The molecule has 0 radical (unpaired) electrons. The van der Waals surface area contributed by atoms with Crippen molar-refractivity contribution in [2.24, 2.45) is 7.05 Å². The molecule has 30 heavy (non-hydrogen) atoms. The van der Waals surface area contributed by atoms with Gasteiger partial charge in [-0.2, -0.15) is 4.98 Å². The maximum Gasteiger partial charge on any atom is 0.414 e. The number of aryl methyl sites for hydroxylation is 1. The van der Waals surface area contributed by atoms with E-state index in [2.05, 4.69) is 59.2 Å². The predicted molar refractivity (Wildman–Crippen MR) is 108 cm³/mol. The smallest absolute Gasteiger partial charge is 0.414 e. The summed E-state index contributed by atoms with van der Waals surface area (Å²) in [6.45, 7) is 0. The first kappa shape index (κ1) is 20.1. The molecule has 2 atom stereocenters. The zero-order chi connectivity index (χ0) is 21.4. The Morgan fingerprint density at radius 1 is 1.07 bits per heavy atom. The first-order valence-corrected chi connectivity index (χ1v) is 9.91. The van der Waals surface area contributed by atoms with Gasteiger partial charge in [-0.3, -0.25) is 0 Å². The minimum absolute atomic E-state index is 0.412. The third-order valence-corrected chi connectivity index (χ3v) is 6.21. The lowest BCUT2D eigenvalue weighted by Gasteiger charge is -2.34. The average molecular weight is 412 g/mol. The van der Waals surface area contributed by atoms with Gasteiger partial charge in [0.1, 0.15) is 0 Å². The van der Waals surface area contributed by atoms with Gasteiger partial charge in [-0.1, -0.05) is 23.4 Å². The SMILES string of the molecule is CN1C2CCC1CC(c1nc(-c3cn(C)c4ccccc34)no1)C2.O=C(O)C(=O)O. The van der Waals surface area contributed by atoms with Crippen molar-refractivity contribution in [1.82, 2.24) is 19.6 Å². The van der Waals surface area contributed by atoms with Crippen LogP contribution in [0.3, 0.4) is 0 Å². The van der Waals surface area contributed by atoms with E-state index in [4.69, 9.17) is 29.3 Å². The number of carboxylic acids is 2. The van der Waals surface area contributed by atoms with E-state index < -0.39 is 11.9 Å². The van der Waals surface area contributed by atoms with Crippen LogP contribution in [-0.2, 0) is 16.6 Å². The number of fused-ring (bicyclic) bond motifs is 3. The zero-order valence-electron chi connectivity index (χ0n) is 16.9. The highest BCUT2D eigenvalue weighted by Crippen LogP contribution is 2.42. The molecule has 2 fully saturated rings. The molecule has 0 aliphatic carbocycles. The highest BCUT2D eigenvalue weighted by atomic mass is 16.5. The van der Waals surface area contributed by atoms with E-state index in [-0.39, 0.29) is 0 Å². The Morgan fingerprint density at radius 3 is 2.33 bits per heavy atom. The molecule has 0 spiro atoms. The summed E-state index contributed by atoms with van der Waals surface area (Å²) in [5.41, 5.74) is 2.25. The van der Waals surface area contributed by atoms with Crippen molar-refractivity contribution in [2.75, 3.05) is 7.05 Å². The first-order chi connectivity index (χ1) is 14.3. The van der Waals surface area contributed by atoms with Gasteiger partial charge in [0, 0.05) is 47.7 Å². The van der Waals surface area contributed by atoms with Gasteiger partial charge >= 0.3 is 11.9 Å². The van der Waals surface area contributed by atoms with Crippen LogP contribution in [0.1, 0.15) is 37.5 Å². The van der Waals surface area contributed by atoms with Gasteiger partial charge in [-0.05, 0) is 38.8 Å². The van der Waals surface area contributed by atoms with E-state index in [0.29, 0.717) is 23.8 Å². The van der Waals surface area contributed by atoms with E-state index in [1.54, 1.807) is 0 Å². The van der Waals surface area contributed by atoms with Crippen LogP contribution >= 0.6 is 0 Å². The van der Waals surface area contributed by atoms with E-state index in [1.807, 2.05) is 0 Å². The number of aromatic nitrogens is 3. The standard InChI is InChI=1S/C19H22N4O.C2H2O4/c1-22-11-16(15-5-3-4-6-17(15)22)18-20-19(24-21-18)12-9-13-7-8-14(10-12)23(13)2;3-1(4)2(5)6/h3-6,11-14H,7-10H2,1-2H3;(H,3,4)(H,5,6). The van der Waals surface area contributed by atoms with Crippen molar-refractivity contribution in [3.05, 3.63) is 36.4 Å². The molecule has 9 heteroatoms. The molecule has 158 valence electrons. The number of benzene rings is 1. The van der Waals surface area contributed by atoms with Gasteiger partial charge in [0.25, 0.3) is 0 Å². The molecule has 5 rings (SSSR count). The van der Waals surface area contributed by atoms with Crippen molar-refractivity contribution in [3.8, 4) is 11.4 Å². The number of carboxylic acid groups (broad SMARTS) is 2. The van der Waals surface area contributed by atoms with E-state index >= 15 is 0 Å².